The van der Waals surface area contributed by atoms with Gasteiger partial charge in [-0.1, -0.05) is 17.3 Å². The van der Waals surface area contributed by atoms with E-state index in [9.17, 15) is 13.6 Å². The highest BCUT2D eigenvalue weighted by Gasteiger charge is 2.59. The minimum absolute atomic E-state index is 0.0618. The molecule has 9 nitrogen and oxygen atoms in total. The zero-order valence-electron chi connectivity index (χ0n) is 22.3. The highest BCUT2D eigenvalue weighted by Crippen LogP contribution is 2.49. The van der Waals surface area contributed by atoms with Crippen LogP contribution in [0.4, 0.5) is 8.78 Å². The van der Waals surface area contributed by atoms with Crippen LogP contribution in [0.5, 0.6) is 5.88 Å². The third-order valence-corrected chi connectivity index (χ3v) is 8.21. The standard InChI is InChI=1S/C29H28F2N6O3/c1-28(2,32)17-9-22(15-4-5-20-16(8-15)12-29(20,30)31)33-25(10-17)40-26-18-13-37(14-19(18)26)27(38)24-11-23(34-36(24)3)21-6-7-39-35-21/h4-11,18-19,26H,12-14,32H2,1-3H3. The second-order valence-corrected chi connectivity index (χ2v) is 11.6. The fraction of sp³-hybridized carbons (Fsp3) is 0.379. The predicted molar refractivity (Wildman–Crippen MR) is 140 cm³/mol. The summed E-state index contributed by atoms with van der Waals surface area (Å²) in [7, 11) is 1.74. The number of ether oxygens (including phenoxy) is 1. The zero-order chi connectivity index (χ0) is 28.0. The van der Waals surface area contributed by atoms with Gasteiger partial charge in [-0.2, -0.15) is 5.10 Å². The lowest BCUT2D eigenvalue weighted by Gasteiger charge is -2.30. The van der Waals surface area contributed by atoms with E-state index in [-0.39, 0.29) is 35.8 Å². The van der Waals surface area contributed by atoms with Crippen LogP contribution in [0.1, 0.15) is 41.0 Å². The maximum atomic E-state index is 13.8. The number of benzene rings is 1. The van der Waals surface area contributed by atoms with Crippen molar-refractivity contribution < 1.29 is 22.8 Å². The summed E-state index contributed by atoms with van der Waals surface area (Å²) in [5, 5.41) is 8.29. The van der Waals surface area contributed by atoms with Crippen LogP contribution >= 0.6 is 0 Å². The average molecular weight is 547 g/mol. The van der Waals surface area contributed by atoms with Crippen molar-refractivity contribution in [2.45, 2.75) is 37.8 Å². The van der Waals surface area contributed by atoms with Crippen molar-refractivity contribution in [2.75, 3.05) is 13.1 Å². The van der Waals surface area contributed by atoms with Gasteiger partial charge in [-0.15, -0.1) is 0 Å². The topological polar surface area (TPSA) is 112 Å². The van der Waals surface area contributed by atoms with Gasteiger partial charge in [0.25, 0.3) is 11.8 Å². The maximum absolute atomic E-state index is 13.8. The molecule has 40 heavy (non-hydrogen) atoms. The van der Waals surface area contributed by atoms with Gasteiger partial charge in [-0.25, -0.2) is 13.8 Å². The average Bonchev–Trinajstić information content (AvgIpc) is 3.41. The number of piperidine rings is 1. The molecule has 1 saturated heterocycles. The Labute approximate surface area is 228 Å². The molecule has 2 N–H and O–H groups in total. The molecule has 2 aliphatic carbocycles. The van der Waals surface area contributed by atoms with E-state index < -0.39 is 11.5 Å². The van der Waals surface area contributed by atoms with Crippen LogP contribution in [0.15, 0.2) is 53.3 Å². The SMILES string of the molecule is Cn1nc(-c2ccon2)cc1C(=O)N1CC2C(C1)C2Oc1cc(C(C)(C)N)cc(-c2ccc3c(c2)CC3(F)F)n1. The first-order valence-electron chi connectivity index (χ1n) is 13.2. The highest BCUT2D eigenvalue weighted by atomic mass is 19.3. The van der Waals surface area contributed by atoms with Gasteiger partial charge >= 0.3 is 0 Å². The van der Waals surface area contributed by atoms with E-state index >= 15 is 0 Å². The number of hydrogen-bond acceptors (Lipinski definition) is 7. The largest absolute Gasteiger partial charge is 0.474 e. The number of nitrogens with two attached hydrogens (primary N) is 1. The van der Waals surface area contributed by atoms with Crippen LogP contribution in [-0.2, 0) is 24.9 Å². The quantitative estimate of drug-likeness (QED) is 0.387. The van der Waals surface area contributed by atoms with Crippen LogP contribution in [-0.4, -0.2) is 49.9 Å². The number of halogens is 2. The first-order valence-corrected chi connectivity index (χ1v) is 13.2. The Morgan fingerprint density at radius 1 is 1.10 bits per heavy atom. The van der Waals surface area contributed by atoms with E-state index in [0.29, 0.717) is 47.3 Å². The number of carbonyl (C=O) groups is 1. The number of likely N-dealkylation sites (tertiary alicyclic amines) is 1. The number of aromatic nitrogens is 4. The van der Waals surface area contributed by atoms with Crippen molar-refractivity contribution in [3.05, 3.63) is 71.1 Å². The number of alkyl halides is 2. The molecule has 11 heteroatoms. The number of nitrogens with zero attached hydrogens (tertiary/aromatic N) is 5. The Morgan fingerprint density at radius 3 is 2.52 bits per heavy atom. The number of hydrogen-bond donors (Lipinski definition) is 1. The van der Waals surface area contributed by atoms with Crippen LogP contribution in [0.3, 0.4) is 0 Å². The van der Waals surface area contributed by atoms with Crippen molar-refractivity contribution in [1.29, 1.82) is 0 Å². The number of pyridine rings is 1. The molecule has 1 saturated carbocycles. The second-order valence-electron chi connectivity index (χ2n) is 11.6. The number of amides is 1. The minimum atomic E-state index is -2.76. The second kappa shape index (κ2) is 8.44. The molecule has 0 radical (unpaired) electrons. The molecule has 3 aliphatic rings. The summed E-state index contributed by atoms with van der Waals surface area (Å²) in [6.07, 6.45) is 1.14. The summed E-state index contributed by atoms with van der Waals surface area (Å²) in [6.45, 7) is 4.95. The molecule has 3 aromatic heterocycles. The summed E-state index contributed by atoms with van der Waals surface area (Å²) in [5.41, 5.74) is 10.3. The van der Waals surface area contributed by atoms with Crippen molar-refractivity contribution in [3.63, 3.8) is 0 Å². The molecular formula is C29H28F2N6O3. The molecule has 4 aromatic rings. The number of carbonyl (C=O) groups excluding carboxylic acids is 1. The first-order chi connectivity index (χ1) is 19.0. The van der Waals surface area contributed by atoms with E-state index in [0.717, 1.165) is 11.1 Å². The molecule has 2 unspecified atom stereocenters. The third-order valence-electron chi connectivity index (χ3n) is 8.21. The molecule has 1 aliphatic heterocycles. The molecular weight excluding hydrogens is 518 g/mol. The molecule has 2 fully saturated rings. The maximum Gasteiger partial charge on any atom is 0.277 e. The summed E-state index contributed by atoms with van der Waals surface area (Å²) in [5.74, 6) is -2.00. The lowest BCUT2D eigenvalue weighted by atomic mass is 9.83. The minimum Gasteiger partial charge on any atom is -0.474 e. The van der Waals surface area contributed by atoms with Gasteiger partial charge in [0.1, 0.15) is 29.4 Å². The van der Waals surface area contributed by atoms with E-state index in [1.807, 2.05) is 30.9 Å². The van der Waals surface area contributed by atoms with Crippen LogP contribution < -0.4 is 10.5 Å². The Morgan fingerprint density at radius 2 is 1.88 bits per heavy atom. The first kappa shape index (κ1) is 24.9. The van der Waals surface area contributed by atoms with Gasteiger partial charge in [0.2, 0.25) is 5.88 Å². The molecule has 206 valence electrons. The lowest BCUT2D eigenvalue weighted by Crippen LogP contribution is -2.34. The predicted octanol–water partition coefficient (Wildman–Crippen LogP) is 4.13. The molecule has 1 aromatic carbocycles. The van der Waals surface area contributed by atoms with E-state index in [4.69, 9.17) is 20.0 Å². The molecule has 4 heterocycles. The highest BCUT2D eigenvalue weighted by molar-refractivity contribution is 5.94. The van der Waals surface area contributed by atoms with Crippen LogP contribution in [0, 0.1) is 11.8 Å². The molecule has 1 amide bonds. The Kier molecular flexibility index (Phi) is 5.25. The Hall–Kier alpha value is -4.12. The summed E-state index contributed by atoms with van der Waals surface area (Å²) < 4.78 is 40.4. The third kappa shape index (κ3) is 4.07. The number of fused-ring (bicyclic) bond motifs is 2. The Balaban J connectivity index is 1.07. The van der Waals surface area contributed by atoms with Crippen molar-refractivity contribution >= 4 is 5.91 Å². The van der Waals surface area contributed by atoms with Gasteiger partial charge in [0, 0.05) is 67.2 Å². The summed E-state index contributed by atoms with van der Waals surface area (Å²) in [4.78, 5) is 19.8. The molecule has 2 atom stereocenters. The fourth-order valence-electron chi connectivity index (χ4n) is 5.82. The van der Waals surface area contributed by atoms with E-state index in [1.165, 1.54) is 12.3 Å². The molecule has 0 spiro atoms. The van der Waals surface area contributed by atoms with Gasteiger partial charge in [-0.05, 0) is 43.2 Å². The molecule has 0 bridgehead atoms. The van der Waals surface area contributed by atoms with Crippen LogP contribution in [0.25, 0.3) is 22.6 Å². The summed E-state index contributed by atoms with van der Waals surface area (Å²) in [6, 6.07) is 12.1. The van der Waals surface area contributed by atoms with Crippen molar-refractivity contribution in [3.8, 4) is 28.5 Å². The van der Waals surface area contributed by atoms with Gasteiger partial charge in [-0.3, -0.25) is 9.48 Å². The number of aryl methyl sites for hydroxylation is 1. The lowest BCUT2D eigenvalue weighted by molar-refractivity contribution is -0.0287. The van der Waals surface area contributed by atoms with Gasteiger partial charge < -0.3 is 19.9 Å². The van der Waals surface area contributed by atoms with Gasteiger partial charge in [0.15, 0.2) is 0 Å². The van der Waals surface area contributed by atoms with Crippen molar-refractivity contribution in [1.82, 2.24) is 24.8 Å². The normalized spacial score (nSPS) is 22.4. The monoisotopic (exact) mass is 546 g/mol. The zero-order valence-corrected chi connectivity index (χ0v) is 22.3. The Bertz CT molecular complexity index is 1630. The van der Waals surface area contributed by atoms with Gasteiger partial charge in [0.05, 0.1) is 5.69 Å². The van der Waals surface area contributed by atoms with E-state index in [1.54, 1.807) is 36.0 Å². The molecule has 7 rings (SSSR count). The fourth-order valence-corrected chi connectivity index (χ4v) is 5.82. The van der Waals surface area contributed by atoms with Crippen LogP contribution in [0.2, 0.25) is 0 Å². The summed E-state index contributed by atoms with van der Waals surface area (Å²) >= 11 is 0. The van der Waals surface area contributed by atoms with Crippen molar-refractivity contribution in [2.24, 2.45) is 24.6 Å². The smallest absolute Gasteiger partial charge is 0.277 e. The van der Waals surface area contributed by atoms with E-state index in [2.05, 4.69) is 10.3 Å². The number of rotatable bonds is 6.